The molecule has 0 aromatic carbocycles. The summed E-state index contributed by atoms with van der Waals surface area (Å²) in [6, 6.07) is -0.254. The molecule has 0 aliphatic heterocycles. The maximum absolute atomic E-state index is 10.5. The molecule has 0 unspecified atom stereocenters. The Morgan fingerprint density at radius 3 is 2.75 bits per heavy atom. The Kier molecular flexibility index (Phi) is 4.75. The molecular formula is C9H16N4O2S. The lowest BCUT2D eigenvalue weighted by molar-refractivity contribution is -0.115. The van der Waals surface area contributed by atoms with Crippen LogP contribution in [0.3, 0.4) is 0 Å². The number of amides is 1. The molecule has 7 heteroatoms. The second-order valence-electron chi connectivity index (χ2n) is 3.90. The van der Waals surface area contributed by atoms with Crippen molar-refractivity contribution < 1.29 is 9.21 Å². The normalized spacial score (nSPS) is 13.0. The standard InChI is InChI=1S/C9H16N4O2S/c1-5(2)3-6(10)8-12-13-9(15-8)16-4-7(11)14/h5-6H,3-4,10H2,1-2H3,(H2,11,14)/t6-/m0/s1. The van der Waals surface area contributed by atoms with Crippen LogP contribution < -0.4 is 11.5 Å². The number of carbonyl (C=O) groups excluding carboxylic acids is 1. The Morgan fingerprint density at radius 1 is 1.50 bits per heavy atom. The Balaban J connectivity index is 2.53. The van der Waals surface area contributed by atoms with Gasteiger partial charge in [0.15, 0.2) is 0 Å². The Morgan fingerprint density at radius 2 is 2.19 bits per heavy atom. The summed E-state index contributed by atoms with van der Waals surface area (Å²) in [4.78, 5) is 10.5. The van der Waals surface area contributed by atoms with Crippen molar-refractivity contribution in [2.24, 2.45) is 17.4 Å². The number of hydrogen-bond acceptors (Lipinski definition) is 6. The lowest BCUT2D eigenvalue weighted by atomic mass is 10.1. The highest BCUT2D eigenvalue weighted by molar-refractivity contribution is 7.99. The lowest BCUT2D eigenvalue weighted by Gasteiger charge is -2.08. The average Bonchev–Trinajstić information content (AvgIpc) is 2.61. The first-order valence-corrected chi connectivity index (χ1v) is 5.97. The van der Waals surface area contributed by atoms with Crippen LogP contribution in [-0.4, -0.2) is 21.9 Å². The summed E-state index contributed by atoms with van der Waals surface area (Å²) >= 11 is 1.12. The average molecular weight is 244 g/mol. The summed E-state index contributed by atoms with van der Waals surface area (Å²) in [5.41, 5.74) is 10.9. The third-order valence-corrected chi connectivity index (χ3v) is 2.64. The molecule has 0 bridgehead atoms. The van der Waals surface area contributed by atoms with Gasteiger partial charge in [0, 0.05) is 0 Å². The van der Waals surface area contributed by atoms with Gasteiger partial charge in [0.25, 0.3) is 5.22 Å². The second-order valence-corrected chi connectivity index (χ2v) is 4.82. The fourth-order valence-corrected chi connectivity index (χ4v) is 1.68. The smallest absolute Gasteiger partial charge is 0.277 e. The number of aromatic nitrogens is 2. The van der Waals surface area contributed by atoms with Crippen LogP contribution in [0.4, 0.5) is 0 Å². The first kappa shape index (κ1) is 13.0. The molecule has 0 saturated carbocycles. The van der Waals surface area contributed by atoms with E-state index in [1.807, 2.05) is 0 Å². The van der Waals surface area contributed by atoms with Crippen LogP contribution in [-0.2, 0) is 4.79 Å². The van der Waals surface area contributed by atoms with E-state index in [0.29, 0.717) is 17.0 Å². The molecule has 0 saturated heterocycles. The van der Waals surface area contributed by atoms with Crippen LogP contribution in [0.25, 0.3) is 0 Å². The van der Waals surface area contributed by atoms with Gasteiger partial charge in [-0.15, -0.1) is 10.2 Å². The second kappa shape index (κ2) is 5.86. The van der Waals surface area contributed by atoms with E-state index < -0.39 is 5.91 Å². The topological polar surface area (TPSA) is 108 Å². The minimum atomic E-state index is -0.420. The van der Waals surface area contributed by atoms with Crippen molar-refractivity contribution in [2.75, 3.05) is 5.75 Å². The third-order valence-electron chi connectivity index (χ3n) is 1.80. The lowest BCUT2D eigenvalue weighted by Crippen LogP contribution is -2.13. The summed E-state index contributed by atoms with van der Waals surface area (Å²) in [5, 5.41) is 7.93. The number of hydrogen-bond donors (Lipinski definition) is 2. The van der Waals surface area contributed by atoms with Gasteiger partial charge in [0.1, 0.15) is 0 Å². The first-order valence-electron chi connectivity index (χ1n) is 4.99. The number of rotatable bonds is 6. The van der Waals surface area contributed by atoms with Crippen LogP contribution in [0.5, 0.6) is 0 Å². The minimum absolute atomic E-state index is 0.126. The molecule has 0 spiro atoms. The van der Waals surface area contributed by atoms with E-state index in [9.17, 15) is 4.79 Å². The van der Waals surface area contributed by atoms with E-state index in [2.05, 4.69) is 24.0 Å². The van der Waals surface area contributed by atoms with Gasteiger partial charge in [-0.25, -0.2) is 0 Å². The molecule has 0 aliphatic carbocycles. The van der Waals surface area contributed by atoms with E-state index in [1.54, 1.807) is 0 Å². The Hall–Kier alpha value is -1.08. The fourth-order valence-electron chi connectivity index (χ4n) is 1.17. The van der Waals surface area contributed by atoms with Crippen molar-refractivity contribution in [3.05, 3.63) is 5.89 Å². The predicted molar refractivity (Wildman–Crippen MR) is 60.6 cm³/mol. The van der Waals surface area contributed by atoms with E-state index in [4.69, 9.17) is 15.9 Å². The number of nitrogens with two attached hydrogens (primary N) is 2. The van der Waals surface area contributed by atoms with Crippen LogP contribution in [0.2, 0.25) is 0 Å². The highest BCUT2D eigenvalue weighted by Gasteiger charge is 2.16. The number of nitrogens with zero attached hydrogens (tertiary/aromatic N) is 2. The molecule has 16 heavy (non-hydrogen) atoms. The van der Waals surface area contributed by atoms with Gasteiger partial charge in [-0.1, -0.05) is 25.6 Å². The van der Waals surface area contributed by atoms with Crippen LogP contribution in [0.15, 0.2) is 9.64 Å². The molecule has 0 fully saturated rings. The zero-order chi connectivity index (χ0) is 12.1. The largest absolute Gasteiger partial charge is 0.414 e. The summed E-state index contributed by atoms with van der Waals surface area (Å²) in [6.45, 7) is 4.14. The van der Waals surface area contributed by atoms with E-state index in [0.717, 1.165) is 18.2 Å². The number of thioether (sulfide) groups is 1. The molecule has 1 atom stereocenters. The quantitative estimate of drug-likeness (QED) is 0.713. The van der Waals surface area contributed by atoms with Gasteiger partial charge in [-0.3, -0.25) is 4.79 Å². The summed E-state index contributed by atoms with van der Waals surface area (Å²) < 4.78 is 5.30. The molecular weight excluding hydrogens is 228 g/mol. The van der Waals surface area contributed by atoms with Crippen molar-refractivity contribution in [3.63, 3.8) is 0 Å². The maximum atomic E-state index is 10.5. The zero-order valence-electron chi connectivity index (χ0n) is 9.34. The van der Waals surface area contributed by atoms with Gasteiger partial charge >= 0.3 is 0 Å². The summed E-state index contributed by atoms with van der Waals surface area (Å²) in [5.74, 6) is 0.571. The molecule has 1 rings (SSSR count). The van der Waals surface area contributed by atoms with E-state index in [1.165, 1.54) is 0 Å². The molecule has 1 aromatic heterocycles. The van der Waals surface area contributed by atoms with Gasteiger partial charge in [-0.2, -0.15) is 0 Å². The SMILES string of the molecule is CC(C)C[C@H](N)c1nnc(SCC(N)=O)o1. The number of carbonyl (C=O) groups is 1. The van der Waals surface area contributed by atoms with Crippen molar-refractivity contribution in [3.8, 4) is 0 Å². The van der Waals surface area contributed by atoms with E-state index in [-0.39, 0.29) is 11.8 Å². The molecule has 4 N–H and O–H groups in total. The van der Waals surface area contributed by atoms with Crippen molar-refractivity contribution in [1.82, 2.24) is 10.2 Å². The molecule has 90 valence electrons. The van der Waals surface area contributed by atoms with Gasteiger partial charge in [0.05, 0.1) is 11.8 Å². The predicted octanol–water partition coefficient (Wildman–Crippen LogP) is 0.693. The highest BCUT2D eigenvalue weighted by Crippen LogP contribution is 2.21. The fraction of sp³-hybridized carbons (Fsp3) is 0.667. The Labute approximate surface area is 98.2 Å². The molecule has 1 aromatic rings. The van der Waals surface area contributed by atoms with Crippen LogP contribution in [0.1, 0.15) is 32.2 Å². The van der Waals surface area contributed by atoms with Crippen molar-refractivity contribution in [1.29, 1.82) is 0 Å². The minimum Gasteiger partial charge on any atom is -0.414 e. The molecule has 0 aliphatic rings. The molecule has 0 radical (unpaired) electrons. The van der Waals surface area contributed by atoms with Crippen molar-refractivity contribution >= 4 is 17.7 Å². The highest BCUT2D eigenvalue weighted by atomic mass is 32.2. The first-order chi connectivity index (χ1) is 7.49. The van der Waals surface area contributed by atoms with Gasteiger partial charge < -0.3 is 15.9 Å². The maximum Gasteiger partial charge on any atom is 0.277 e. The van der Waals surface area contributed by atoms with Crippen LogP contribution >= 0.6 is 11.8 Å². The Bertz CT molecular complexity index is 353. The summed E-state index contributed by atoms with van der Waals surface area (Å²) in [6.07, 6.45) is 0.780. The molecule has 1 amide bonds. The third kappa shape index (κ3) is 4.19. The van der Waals surface area contributed by atoms with E-state index >= 15 is 0 Å². The van der Waals surface area contributed by atoms with Gasteiger partial charge in [-0.05, 0) is 12.3 Å². The molecule has 6 nitrogen and oxygen atoms in total. The van der Waals surface area contributed by atoms with Gasteiger partial charge in [0.2, 0.25) is 11.8 Å². The van der Waals surface area contributed by atoms with Crippen molar-refractivity contribution in [2.45, 2.75) is 31.5 Å². The molecule has 1 heterocycles. The number of primary amides is 1. The van der Waals surface area contributed by atoms with Crippen LogP contribution in [0, 0.1) is 5.92 Å². The zero-order valence-corrected chi connectivity index (χ0v) is 10.2. The summed E-state index contributed by atoms with van der Waals surface area (Å²) in [7, 11) is 0. The monoisotopic (exact) mass is 244 g/mol.